The first-order chi connectivity index (χ1) is 34.2. The summed E-state index contributed by atoms with van der Waals surface area (Å²) in [7, 11) is 0. The number of pyridine rings is 3. The molecule has 3 fully saturated rings. The number of halogens is 5. The molecule has 3 aliphatic heterocycles. The molecule has 71 heavy (non-hydrogen) atoms. The number of hydrogen-bond donors (Lipinski definition) is 6. The second-order valence-corrected chi connectivity index (χ2v) is 17.3. The first-order valence-electron chi connectivity index (χ1n) is 22.7. The van der Waals surface area contributed by atoms with Crippen LogP contribution in [0.5, 0.6) is 0 Å². The van der Waals surface area contributed by atoms with Gasteiger partial charge in [-0.05, 0) is 103 Å². The van der Waals surface area contributed by atoms with E-state index in [-0.39, 0.29) is 35.7 Å². The Kier molecular flexibility index (Phi) is 18.6. The highest BCUT2D eigenvalue weighted by Gasteiger charge is 2.32. The van der Waals surface area contributed by atoms with E-state index in [0.717, 1.165) is 85.7 Å². The highest BCUT2D eigenvalue weighted by Crippen LogP contribution is 2.28. The average molecular weight is 1010 g/mol. The number of morpholine rings is 3. The fourth-order valence-corrected chi connectivity index (χ4v) is 8.01. The summed E-state index contributed by atoms with van der Waals surface area (Å²) >= 11 is 11.8. The zero-order valence-corrected chi connectivity index (χ0v) is 40.3. The summed E-state index contributed by atoms with van der Waals surface area (Å²) in [6.45, 7) is 10.6. The predicted molar refractivity (Wildman–Crippen MR) is 265 cm³/mol. The number of aromatic nitrogens is 3. The number of hydrogen-bond acceptors (Lipinski definition) is 12. The molecule has 0 radical (unpaired) electrons. The summed E-state index contributed by atoms with van der Waals surface area (Å²) in [5.74, 6) is -0.939. The van der Waals surface area contributed by atoms with Gasteiger partial charge in [0.15, 0.2) is 0 Å². The van der Waals surface area contributed by atoms with Crippen molar-refractivity contribution in [1.82, 2.24) is 30.9 Å². The molecule has 3 atom stereocenters. The maximum Gasteiger partial charge on any atom is 0.433 e. The first-order valence-corrected chi connectivity index (χ1v) is 23.4. The van der Waals surface area contributed by atoms with E-state index in [0.29, 0.717) is 58.3 Å². The molecule has 6 heterocycles. The highest BCUT2D eigenvalue weighted by molar-refractivity contribution is 6.30. The van der Waals surface area contributed by atoms with E-state index in [9.17, 15) is 27.6 Å². The minimum Gasteiger partial charge on any atom is -0.371 e. The van der Waals surface area contributed by atoms with Crippen LogP contribution in [0, 0.1) is 13.8 Å². The number of anilines is 3. The third-order valence-electron chi connectivity index (χ3n) is 11.1. The van der Waals surface area contributed by atoms with Crippen LogP contribution in [0.25, 0.3) is 0 Å². The highest BCUT2D eigenvalue weighted by atomic mass is 35.5. The van der Waals surface area contributed by atoms with E-state index in [4.69, 9.17) is 37.4 Å². The Bertz CT molecular complexity index is 2560. The minimum absolute atomic E-state index is 0.0300. The maximum absolute atomic E-state index is 12.5. The van der Waals surface area contributed by atoms with Crippen molar-refractivity contribution in [3.63, 3.8) is 0 Å². The number of rotatable bonds is 9. The fourth-order valence-electron chi connectivity index (χ4n) is 7.51. The molecule has 6 N–H and O–H groups in total. The zero-order valence-electron chi connectivity index (χ0n) is 38.7. The van der Waals surface area contributed by atoms with Gasteiger partial charge in [0.2, 0.25) is 0 Å². The van der Waals surface area contributed by atoms with Crippen molar-refractivity contribution in [1.29, 1.82) is 0 Å². The molecule has 3 saturated heterocycles. The third-order valence-corrected chi connectivity index (χ3v) is 11.5. The molecular weight excluding hydrogens is 963 g/mol. The molecule has 9 rings (SSSR count). The largest absolute Gasteiger partial charge is 0.433 e. The van der Waals surface area contributed by atoms with E-state index < -0.39 is 17.8 Å². The molecule has 15 nitrogen and oxygen atoms in total. The van der Waals surface area contributed by atoms with Gasteiger partial charge in [-0.25, -0.2) is 9.97 Å². The molecule has 6 aromatic rings. The summed E-state index contributed by atoms with van der Waals surface area (Å²) < 4.78 is 54.5. The minimum atomic E-state index is -4.53. The number of ether oxygens (including phenoxy) is 3. The van der Waals surface area contributed by atoms with E-state index in [1.807, 2.05) is 60.7 Å². The first kappa shape index (κ1) is 52.5. The maximum atomic E-state index is 12.5. The van der Waals surface area contributed by atoms with Crippen LogP contribution in [0.4, 0.5) is 30.2 Å². The van der Waals surface area contributed by atoms with Gasteiger partial charge in [-0.2, -0.15) is 13.2 Å². The van der Waals surface area contributed by atoms with Gasteiger partial charge in [-0.3, -0.25) is 19.4 Å². The molecule has 372 valence electrons. The van der Waals surface area contributed by atoms with E-state index in [1.54, 1.807) is 50.2 Å². The smallest absolute Gasteiger partial charge is 0.371 e. The van der Waals surface area contributed by atoms with Gasteiger partial charge >= 0.3 is 6.18 Å². The van der Waals surface area contributed by atoms with Crippen LogP contribution < -0.4 is 31.9 Å². The molecule has 0 spiro atoms. The summed E-state index contributed by atoms with van der Waals surface area (Å²) in [5, 5.41) is 18.8. The van der Waals surface area contributed by atoms with Gasteiger partial charge in [0.25, 0.3) is 17.7 Å². The lowest BCUT2D eigenvalue weighted by Gasteiger charge is -2.24. The Hall–Kier alpha value is -6.35. The van der Waals surface area contributed by atoms with Crippen molar-refractivity contribution in [3.8, 4) is 0 Å². The monoisotopic (exact) mass is 1010 g/mol. The van der Waals surface area contributed by atoms with Crippen molar-refractivity contribution in [2.75, 3.05) is 75.0 Å². The lowest BCUT2D eigenvalue weighted by molar-refractivity contribution is -0.141. The molecule has 3 aliphatic rings. The Morgan fingerprint density at radius 2 is 0.887 bits per heavy atom. The molecule has 3 amide bonds. The van der Waals surface area contributed by atoms with Crippen LogP contribution in [0.3, 0.4) is 0 Å². The molecule has 0 saturated carbocycles. The number of benzene rings is 3. The normalized spacial score (nSPS) is 17.8. The SMILES string of the molecule is Cc1cc(C(=O)Nc2ccc([C@@H]3CNCCO3)cc2)cc(Cl)n1.Cc1cc(C(=O)Nc2ccc([C@H]3CNCCO3)cc2)cc(Cl)n1.O=C(Nc1ccc([C@H]2CNCCO2)cc1)c1ccc(C(F)(F)F)nc1. The predicted octanol–water partition coefficient (Wildman–Crippen LogP) is 8.93. The molecule has 0 unspecified atom stereocenters. The van der Waals surface area contributed by atoms with Crippen LogP contribution >= 0.6 is 23.2 Å². The summed E-state index contributed by atoms with van der Waals surface area (Å²) in [5.41, 5.74) is 6.60. The molecule has 20 heteroatoms. The van der Waals surface area contributed by atoms with Crippen LogP contribution in [-0.2, 0) is 20.4 Å². The van der Waals surface area contributed by atoms with Gasteiger partial charge in [-0.1, -0.05) is 59.6 Å². The Morgan fingerprint density at radius 3 is 1.17 bits per heavy atom. The van der Waals surface area contributed by atoms with Gasteiger partial charge < -0.3 is 46.1 Å². The molecule has 0 aliphatic carbocycles. The molecule has 0 bridgehead atoms. The number of alkyl halides is 3. The van der Waals surface area contributed by atoms with Crippen molar-refractivity contribution < 1.29 is 41.8 Å². The van der Waals surface area contributed by atoms with Gasteiger partial charge in [0.05, 0.1) is 43.7 Å². The molecule has 3 aromatic carbocycles. The van der Waals surface area contributed by atoms with Gasteiger partial charge in [-0.15, -0.1) is 0 Å². The summed E-state index contributed by atoms with van der Waals surface area (Å²) in [6.07, 6.45) is -3.52. The van der Waals surface area contributed by atoms with E-state index in [1.165, 1.54) is 0 Å². The zero-order chi connectivity index (χ0) is 50.3. The lowest BCUT2D eigenvalue weighted by Crippen LogP contribution is -2.33. The van der Waals surface area contributed by atoms with Crippen LogP contribution in [-0.4, -0.2) is 91.8 Å². The van der Waals surface area contributed by atoms with Crippen molar-refractivity contribution in [2.45, 2.75) is 38.3 Å². The van der Waals surface area contributed by atoms with Gasteiger partial charge in [0, 0.05) is 85.0 Å². The number of carbonyl (C=O) groups excluding carboxylic acids is 3. The Labute approximate surface area is 418 Å². The average Bonchev–Trinajstić information content (AvgIpc) is 3.37. The Morgan fingerprint density at radius 1 is 0.535 bits per heavy atom. The number of amides is 3. The lowest BCUT2D eigenvalue weighted by atomic mass is 10.1. The summed E-state index contributed by atoms with van der Waals surface area (Å²) in [4.78, 5) is 48.0. The third kappa shape index (κ3) is 15.8. The quantitative estimate of drug-likeness (QED) is 0.0756. The van der Waals surface area contributed by atoms with Crippen molar-refractivity contribution >= 4 is 58.0 Å². The topological polar surface area (TPSA) is 190 Å². The van der Waals surface area contributed by atoms with E-state index in [2.05, 4.69) is 46.9 Å². The standard InChI is InChI=1S/2C17H18ClN3O2.C17H16F3N3O2/c2*1-11-8-13(9-16(18)20-11)17(22)21-14-4-2-12(3-5-14)15-10-19-6-7-23-15;18-17(19,20)15-6-3-12(9-22-15)16(24)23-13-4-1-11(2-5-13)14-10-21-7-8-25-14/h2*2-5,8-9,15,19H,6-7,10H2,1H3,(H,21,22);1-6,9,14,21H,7-8,10H2,(H,23,24)/t2*15-;14-/m101/s1. The van der Waals surface area contributed by atoms with Crippen LogP contribution in [0.2, 0.25) is 10.3 Å². The summed E-state index contributed by atoms with van der Waals surface area (Å²) in [6, 6.07) is 30.9. The van der Waals surface area contributed by atoms with Crippen molar-refractivity contribution in [2.24, 2.45) is 0 Å². The van der Waals surface area contributed by atoms with E-state index >= 15 is 0 Å². The number of nitrogens with zero attached hydrogens (tertiary/aromatic N) is 3. The van der Waals surface area contributed by atoms with Gasteiger partial charge in [0.1, 0.15) is 16.0 Å². The second kappa shape index (κ2) is 25.2. The number of carbonyl (C=O) groups is 3. The molecular formula is C51H52Cl2F3N9O6. The Balaban J connectivity index is 0.000000157. The number of nitrogens with one attached hydrogen (secondary N) is 6. The number of aryl methyl sites for hydroxylation is 2. The fraction of sp³-hybridized carbons (Fsp3) is 0.294. The molecule has 3 aromatic heterocycles. The second-order valence-electron chi connectivity index (χ2n) is 16.5. The van der Waals surface area contributed by atoms with Crippen LogP contribution in [0.15, 0.2) is 115 Å². The van der Waals surface area contributed by atoms with Crippen molar-refractivity contribution in [3.05, 3.63) is 176 Å². The van der Waals surface area contributed by atoms with Crippen LogP contribution in [0.1, 0.15) is 83.2 Å².